The molecule has 0 spiro atoms. The van der Waals surface area contributed by atoms with Crippen molar-refractivity contribution in [1.82, 2.24) is 20.4 Å². The molecule has 0 amide bonds. The Bertz CT molecular complexity index is 430. The predicted molar refractivity (Wildman–Crippen MR) is 84.2 cm³/mol. The molecular weight excluding hydrogens is 264 g/mol. The van der Waals surface area contributed by atoms with E-state index in [-0.39, 0.29) is 5.41 Å². The maximum Gasteiger partial charge on any atom is 0.230 e. The highest BCUT2D eigenvalue weighted by molar-refractivity contribution is 4.96. The number of nitrogens with one attached hydrogen (secondary N) is 1. The van der Waals surface area contributed by atoms with Crippen LogP contribution in [-0.4, -0.2) is 40.3 Å². The summed E-state index contributed by atoms with van der Waals surface area (Å²) in [7, 11) is 0. The van der Waals surface area contributed by atoms with Gasteiger partial charge < -0.3 is 9.73 Å². The normalized spacial score (nSPS) is 20.4. The largest absolute Gasteiger partial charge is 0.423 e. The van der Waals surface area contributed by atoms with Gasteiger partial charge in [-0.25, -0.2) is 0 Å². The minimum atomic E-state index is -0.0845. The molecule has 1 aliphatic rings. The number of rotatable bonds is 5. The van der Waals surface area contributed by atoms with Crippen molar-refractivity contribution >= 4 is 0 Å². The van der Waals surface area contributed by atoms with Gasteiger partial charge in [0.1, 0.15) is 0 Å². The average molecular weight is 294 g/mol. The van der Waals surface area contributed by atoms with Crippen LogP contribution in [0.3, 0.4) is 0 Å². The standard InChI is InChI=1S/C16H30N4O/c1-12(2)20(10-13-8-6-7-9-17-13)11-14-18-19-15(21-14)16(3,4)5/h12-13,17H,6-11H2,1-5H3. The second-order valence-electron chi connectivity index (χ2n) is 7.42. The molecule has 5 nitrogen and oxygen atoms in total. The molecule has 5 heteroatoms. The number of hydrogen-bond acceptors (Lipinski definition) is 5. The molecule has 1 aliphatic heterocycles. The van der Waals surface area contributed by atoms with Crippen molar-refractivity contribution < 1.29 is 4.42 Å². The molecule has 1 unspecified atom stereocenters. The van der Waals surface area contributed by atoms with E-state index in [2.05, 4.69) is 55.0 Å². The Morgan fingerprint density at radius 2 is 2.05 bits per heavy atom. The summed E-state index contributed by atoms with van der Waals surface area (Å²) in [5.74, 6) is 1.45. The smallest absolute Gasteiger partial charge is 0.230 e. The van der Waals surface area contributed by atoms with Crippen LogP contribution in [0.5, 0.6) is 0 Å². The van der Waals surface area contributed by atoms with Crippen molar-refractivity contribution in [3.8, 4) is 0 Å². The van der Waals surface area contributed by atoms with Gasteiger partial charge in [0.2, 0.25) is 11.8 Å². The molecule has 0 aliphatic carbocycles. The Labute approximate surface area is 128 Å². The van der Waals surface area contributed by atoms with E-state index < -0.39 is 0 Å². The second-order valence-corrected chi connectivity index (χ2v) is 7.42. The van der Waals surface area contributed by atoms with E-state index in [1.54, 1.807) is 0 Å². The van der Waals surface area contributed by atoms with E-state index in [0.29, 0.717) is 12.1 Å². The lowest BCUT2D eigenvalue weighted by molar-refractivity contribution is 0.160. The van der Waals surface area contributed by atoms with Gasteiger partial charge >= 0.3 is 0 Å². The zero-order chi connectivity index (χ0) is 15.5. The van der Waals surface area contributed by atoms with E-state index in [4.69, 9.17) is 4.42 Å². The first-order chi connectivity index (χ1) is 9.86. The molecule has 1 aromatic heterocycles. The molecule has 0 radical (unpaired) electrons. The van der Waals surface area contributed by atoms with Crippen molar-refractivity contribution in [2.24, 2.45) is 0 Å². The minimum Gasteiger partial charge on any atom is -0.423 e. The fourth-order valence-corrected chi connectivity index (χ4v) is 2.62. The van der Waals surface area contributed by atoms with Gasteiger partial charge in [-0.05, 0) is 33.2 Å². The Kier molecular flexibility index (Phi) is 5.38. The van der Waals surface area contributed by atoms with Gasteiger partial charge in [-0.1, -0.05) is 27.2 Å². The quantitative estimate of drug-likeness (QED) is 0.905. The van der Waals surface area contributed by atoms with Crippen molar-refractivity contribution in [2.45, 2.75) is 77.9 Å². The zero-order valence-electron chi connectivity index (χ0n) is 14.1. The summed E-state index contributed by atoms with van der Waals surface area (Å²) >= 11 is 0. The lowest BCUT2D eigenvalue weighted by Gasteiger charge is -2.32. The van der Waals surface area contributed by atoms with Gasteiger partial charge in [-0.15, -0.1) is 10.2 Å². The average Bonchev–Trinajstić information content (AvgIpc) is 2.87. The van der Waals surface area contributed by atoms with Crippen LogP contribution in [0.2, 0.25) is 0 Å². The molecule has 0 bridgehead atoms. The van der Waals surface area contributed by atoms with Gasteiger partial charge in [0.25, 0.3) is 0 Å². The molecule has 2 rings (SSSR count). The molecule has 1 saturated heterocycles. The van der Waals surface area contributed by atoms with Crippen LogP contribution in [0, 0.1) is 0 Å². The van der Waals surface area contributed by atoms with Gasteiger partial charge in [0.05, 0.1) is 6.54 Å². The Morgan fingerprint density at radius 1 is 1.29 bits per heavy atom. The molecule has 1 aromatic rings. The summed E-state index contributed by atoms with van der Waals surface area (Å²) in [6, 6.07) is 1.06. The molecule has 1 fully saturated rings. The summed E-state index contributed by atoms with van der Waals surface area (Å²) in [4.78, 5) is 2.42. The molecule has 1 atom stereocenters. The molecule has 120 valence electrons. The summed E-state index contributed by atoms with van der Waals surface area (Å²) < 4.78 is 5.83. The Hall–Kier alpha value is -0.940. The Balaban J connectivity index is 1.97. The first-order valence-electron chi connectivity index (χ1n) is 8.16. The third-order valence-electron chi connectivity index (χ3n) is 4.04. The molecular formula is C16H30N4O. The van der Waals surface area contributed by atoms with Crippen molar-refractivity contribution in [1.29, 1.82) is 0 Å². The van der Waals surface area contributed by atoms with Crippen molar-refractivity contribution in [2.75, 3.05) is 13.1 Å². The molecule has 0 aromatic carbocycles. The first-order valence-corrected chi connectivity index (χ1v) is 8.16. The van der Waals surface area contributed by atoms with Crippen LogP contribution in [0.4, 0.5) is 0 Å². The predicted octanol–water partition coefficient (Wildman–Crippen LogP) is 2.72. The summed E-state index contributed by atoms with van der Waals surface area (Å²) in [5.41, 5.74) is -0.0845. The fourth-order valence-electron chi connectivity index (χ4n) is 2.62. The lowest BCUT2D eigenvalue weighted by Crippen LogP contribution is -2.45. The molecule has 1 N–H and O–H groups in total. The number of hydrogen-bond donors (Lipinski definition) is 1. The van der Waals surface area contributed by atoms with E-state index in [1.807, 2.05) is 0 Å². The van der Waals surface area contributed by atoms with Gasteiger partial charge in [-0.2, -0.15) is 0 Å². The van der Waals surface area contributed by atoms with Crippen LogP contribution in [0.15, 0.2) is 4.42 Å². The zero-order valence-corrected chi connectivity index (χ0v) is 14.1. The van der Waals surface area contributed by atoms with Gasteiger partial charge in [0.15, 0.2) is 0 Å². The SMILES string of the molecule is CC(C)N(Cc1nnc(C(C)(C)C)o1)CC1CCCCN1. The van der Waals surface area contributed by atoms with Crippen LogP contribution in [0.1, 0.15) is 65.7 Å². The van der Waals surface area contributed by atoms with Gasteiger partial charge in [0, 0.05) is 24.0 Å². The number of piperidine rings is 1. The minimum absolute atomic E-state index is 0.0845. The van der Waals surface area contributed by atoms with E-state index in [9.17, 15) is 0 Å². The Morgan fingerprint density at radius 3 is 2.57 bits per heavy atom. The maximum absolute atomic E-state index is 5.83. The van der Waals surface area contributed by atoms with E-state index >= 15 is 0 Å². The first kappa shape index (κ1) is 16.4. The highest BCUT2D eigenvalue weighted by Crippen LogP contribution is 2.21. The topological polar surface area (TPSA) is 54.2 Å². The van der Waals surface area contributed by atoms with Gasteiger partial charge in [-0.3, -0.25) is 4.90 Å². The summed E-state index contributed by atoms with van der Waals surface area (Å²) in [5, 5.41) is 12.0. The highest BCUT2D eigenvalue weighted by atomic mass is 16.4. The number of aromatic nitrogens is 2. The van der Waals surface area contributed by atoms with Crippen LogP contribution in [-0.2, 0) is 12.0 Å². The molecule has 21 heavy (non-hydrogen) atoms. The van der Waals surface area contributed by atoms with Crippen LogP contribution >= 0.6 is 0 Å². The number of nitrogens with zero attached hydrogens (tertiary/aromatic N) is 3. The highest BCUT2D eigenvalue weighted by Gasteiger charge is 2.24. The molecule has 2 heterocycles. The van der Waals surface area contributed by atoms with Crippen molar-refractivity contribution in [3.63, 3.8) is 0 Å². The van der Waals surface area contributed by atoms with E-state index in [0.717, 1.165) is 31.4 Å². The molecule has 0 saturated carbocycles. The second kappa shape index (κ2) is 6.88. The third kappa shape index (κ3) is 4.78. The van der Waals surface area contributed by atoms with Crippen molar-refractivity contribution in [3.05, 3.63) is 11.8 Å². The van der Waals surface area contributed by atoms with Crippen LogP contribution < -0.4 is 5.32 Å². The summed E-state index contributed by atoms with van der Waals surface area (Å²) in [6.45, 7) is 13.7. The van der Waals surface area contributed by atoms with Crippen LogP contribution in [0.25, 0.3) is 0 Å². The third-order valence-corrected chi connectivity index (χ3v) is 4.04. The maximum atomic E-state index is 5.83. The van der Waals surface area contributed by atoms with E-state index in [1.165, 1.54) is 19.3 Å². The summed E-state index contributed by atoms with van der Waals surface area (Å²) in [6.07, 6.45) is 3.90. The monoisotopic (exact) mass is 294 g/mol. The fraction of sp³-hybridized carbons (Fsp3) is 0.875. The lowest BCUT2D eigenvalue weighted by atomic mass is 9.97.